The van der Waals surface area contributed by atoms with Crippen molar-refractivity contribution >= 4 is 21.8 Å². The molecule has 1 aliphatic heterocycles. The first-order valence-electron chi connectivity index (χ1n) is 12.0. The van der Waals surface area contributed by atoms with Crippen LogP contribution in [0.4, 0.5) is 0 Å². The third kappa shape index (κ3) is 6.26. The van der Waals surface area contributed by atoms with Crippen LogP contribution in [-0.4, -0.2) is 56.8 Å². The summed E-state index contributed by atoms with van der Waals surface area (Å²) in [5, 5.41) is 6.05. The number of nitrogens with one attached hydrogen (secondary N) is 2. The summed E-state index contributed by atoms with van der Waals surface area (Å²) < 4.78 is 32.7. The van der Waals surface area contributed by atoms with Crippen molar-refractivity contribution in [3.63, 3.8) is 0 Å². The van der Waals surface area contributed by atoms with Gasteiger partial charge in [-0.25, -0.2) is 8.42 Å². The summed E-state index contributed by atoms with van der Waals surface area (Å²) in [6, 6.07) is 5.83. The van der Waals surface area contributed by atoms with Gasteiger partial charge >= 0.3 is 0 Å². The van der Waals surface area contributed by atoms with Gasteiger partial charge in [0.1, 0.15) is 11.8 Å². The van der Waals surface area contributed by atoms with Crippen molar-refractivity contribution in [3.05, 3.63) is 24.3 Å². The number of benzene rings is 1. The van der Waals surface area contributed by atoms with Gasteiger partial charge in [0.25, 0.3) is 0 Å². The van der Waals surface area contributed by atoms with Gasteiger partial charge in [-0.05, 0) is 55.9 Å². The zero-order valence-electron chi connectivity index (χ0n) is 19.9. The number of carbonyl (C=O) groups is 2. The Hall–Kier alpha value is -2.13. The van der Waals surface area contributed by atoms with E-state index in [9.17, 15) is 18.0 Å². The van der Waals surface area contributed by atoms with Crippen LogP contribution >= 0.6 is 0 Å². The Kier molecular flexibility index (Phi) is 8.75. The minimum Gasteiger partial charge on any atom is -0.497 e. The maximum Gasteiger partial charge on any atom is 0.243 e. The number of hydrogen-bond donors (Lipinski definition) is 2. The largest absolute Gasteiger partial charge is 0.497 e. The third-order valence-electron chi connectivity index (χ3n) is 6.95. The van der Waals surface area contributed by atoms with Gasteiger partial charge < -0.3 is 15.4 Å². The number of rotatable bonds is 9. The lowest BCUT2D eigenvalue weighted by Gasteiger charge is -2.33. The highest BCUT2D eigenvalue weighted by Crippen LogP contribution is 2.26. The Morgan fingerprint density at radius 2 is 1.79 bits per heavy atom. The molecule has 1 aromatic carbocycles. The van der Waals surface area contributed by atoms with E-state index in [4.69, 9.17) is 4.74 Å². The summed E-state index contributed by atoms with van der Waals surface area (Å²) in [4.78, 5) is 26.2. The maximum atomic E-state index is 13.1. The number of piperidine rings is 1. The van der Waals surface area contributed by atoms with Crippen molar-refractivity contribution in [1.82, 2.24) is 14.9 Å². The number of hydrogen-bond acceptors (Lipinski definition) is 5. The minimum atomic E-state index is -3.72. The van der Waals surface area contributed by atoms with Crippen LogP contribution < -0.4 is 15.4 Å². The minimum absolute atomic E-state index is 0.0157. The normalized spacial score (nSPS) is 21.8. The third-order valence-corrected chi connectivity index (χ3v) is 8.83. The van der Waals surface area contributed by atoms with E-state index in [0.29, 0.717) is 25.1 Å². The summed E-state index contributed by atoms with van der Waals surface area (Å²) in [7, 11) is -2.19. The summed E-state index contributed by atoms with van der Waals surface area (Å²) in [5.41, 5.74) is 0. The summed E-state index contributed by atoms with van der Waals surface area (Å²) in [6.07, 6.45) is 6.14. The first-order chi connectivity index (χ1) is 15.8. The fraction of sp³-hybridized carbons (Fsp3) is 0.667. The molecule has 0 spiro atoms. The Morgan fingerprint density at radius 3 is 2.39 bits per heavy atom. The van der Waals surface area contributed by atoms with Crippen LogP contribution in [0.2, 0.25) is 0 Å². The van der Waals surface area contributed by atoms with E-state index >= 15 is 0 Å². The van der Waals surface area contributed by atoms with Crippen LogP contribution in [0.25, 0.3) is 0 Å². The van der Waals surface area contributed by atoms with Crippen molar-refractivity contribution in [1.29, 1.82) is 0 Å². The number of carbonyl (C=O) groups excluding carboxylic acids is 2. The Bertz CT molecular complexity index is 913. The molecule has 2 aliphatic rings. The number of amides is 2. The molecule has 3 rings (SSSR count). The Morgan fingerprint density at radius 1 is 1.12 bits per heavy atom. The van der Waals surface area contributed by atoms with E-state index in [-0.39, 0.29) is 35.2 Å². The SMILES string of the molecule is CC[C@@H](C)[C@H](NC(=O)[C@@H]1CCCN(S(=O)(=O)c2ccc(OC)cc2)C1)C(=O)NC1CCCC1. The van der Waals surface area contributed by atoms with E-state index in [1.165, 1.54) is 23.5 Å². The van der Waals surface area contributed by atoms with Gasteiger partial charge in [0, 0.05) is 19.1 Å². The predicted octanol–water partition coefficient (Wildman–Crippen LogP) is 2.69. The van der Waals surface area contributed by atoms with Gasteiger partial charge in [0.15, 0.2) is 0 Å². The van der Waals surface area contributed by atoms with Crippen molar-refractivity contribution in [3.8, 4) is 5.75 Å². The van der Waals surface area contributed by atoms with Gasteiger partial charge in [-0.2, -0.15) is 4.31 Å². The summed E-state index contributed by atoms with van der Waals surface area (Å²) >= 11 is 0. The molecule has 8 nitrogen and oxygen atoms in total. The van der Waals surface area contributed by atoms with Crippen molar-refractivity contribution in [2.75, 3.05) is 20.2 Å². The topological polar surface area (TPSA) is 105 Å². The second-order valence-corrected chi connectivity index (χ2v) is 11.2. The van der Waals surface area contributed by atoms with Gasteiger partial charge in [-0.1, -0.05) is 33.1 Å². The highest BCUT2D eigenvalue weighted by Gasteiger charge is 2.36. The molecule has 0 unspecified atom stereocenters. The van der Waals surface area contributed by atoms with E-state index in [1.807, 2.05) is 13.8 Å². The van der Waals surface area contributed by atoms with Crippen LogP contribution in [0.5, 0.6) is 5.75 Å². The first kappa shape index (κ1) is 25.5. The number of nitrogens with zero attached hydrogens (tertiary/aromatic N) is 1. The number of methoxy groups -OCH3 is 1. The van der Waals surface area contributed by atoms with Gasteiger partial charge in [0.05, 0.1) is 17.9 Å². The highest BCUT2D eigenvalue weighted by atomic mass is 32.2. The smallest absolute Gasteiger partial charge is 0.243 e. The summed E-state index contributed by atoms with van der Waals surface area (Å²) in [5.74, 6) is -0.313. The molecular weight excluding hydrogens is 442 g/mol. The molecular formula is C24H37N3O5S. The average Bonchev–Trinajstić information content (AvgIpc) is 3.34. The van der Waals surface area contributed by atoms with Crippen molar-refractivity contribution < 1.29 is 22.7 Å². The average molecular weight is 480 g/mol. The highest BCUT2D eigenvalue weighted by molar-refractivity contribution is 7.89. The quantitative estimate of drug-likeness (QED) is 0.567. The molecule has 1 aliphatic carbocycles. The lowest BCUT2D eigenvalue weighted by Crippen LogP contribution is -2.55. The lowest BCUT2D eigenvalue weighted by molar-refractivity contribution is -0.133. The second-order valence-electron chi connectivity index (χ2n) is 9.24. The fourth-order valence-corrected chi connectivity index (χ4v) is 6.13. The Balaban J connectivity index is 1.66. The van der Waals surface area contributed by atoms with Gasteiger partial charge in [-0.3, -0.25) is 9.59 Å². The molecule has 2 amide bonds. The van der Waals surface area contributed by atoms with Crippen LogP contribution in [0.15, 0.2) is 29.2 Å². The maximum absolute atomic E-state index is 13.1. The molecule has 1 saturated carbocycles. The zero-order valence-corrected chi connectivity index (χ0v) is 20.7. The zero-order chi connectivity index (χ0) is 24.0. The van der Waals surface area contributed by atoms with Gasteiger partial charge in [0.2, 0.25) is 21.8 Å². The van der Waals surface area contributed by atoms with Crippen LogP contribution in [0.3, 0.4) is 0 Å². The molecule has 2 N–H and O–H groups in total. The molecule has 0 radical (unpaired) electrons. The molecule has 3 atom stereocenters. The Labute approximate surface area is 197 Å². The monoisotopic (exact) mass is 479 g/mol. The molecule has 2 fully saturated rings. The number of ether oxygens (including phenoxy) is 1. The first-order valence-corrected chi connectivity index (χ1v) is 13.4. The molecule has 1 saturated heterocycles. The molecule has 33 heavy (non-hydrogen) atoms. The van der Waals surface area contributed by atoms with E-state index < -0.39 is 22.0 Å². The molecule has 0 aromatic heterocycles. The second kappa shape index (κ2) is 11.3. The van der Waals surface area contributed by atoms with Crippen LogP contribution in [0, 0.1) is 11.8 Å². The number of sulfonamides is 1. The van der Waals surface area contributed by atoms with Crippen molar-refractivity contribution in [2.45, 2.75) is 75.8 Å². The molecule has 1 aromatic rings. The summed E-state index contributed by atoms with van der Waals surface area (Å²) in [6.45, 7) is 4.43. The predicted molar refractivity (Wildman–Crippen MR) is 126 cm³/mol. The van der Waals surface area contributed by atoms with E-state index in [0.717, 1.165) is 32.1 Å². The van der Waals surface area contributed by atoms with E-state index in [1.54, 1.807) is 12.1 Å². The van der Waals surface area contributed by atoms with Crippen molar-refractivity contribution in [2.24, 2.45) is 11.8 Å². The standard InChI is InChI=1S/C24H37N3O5S/c1-4-17(2)22(24(29)25-19-9-5-6-10-19)26-23(28)18-8-7-15-27(16-18)33(30,31)21-13-11-20(32-3)12-14-21/h11-14,17-19,22H,4-10,15-16H2,1-3H3,(H,25,29)(H,26,28)/t17-,18-,22+/m1/s1. The van der Waals surface area contributed by atoms with Crippen LogP contribution in [0.1, 0.15) is 58.8 Å². The van der Waals surface area contributed by atoms with Gasteiger partial charge in [-0.15, -0.1) is 0 Å². The molecule has 1 heterocycles. The van der Waals surface area contributed by atoms with E-state index in [2.05, 4.69) is 10.6 Å². The molecule has 0 bridgehead atoms. The molecule has 9 heteroatoms. The molecule has 184 valence electrons. The van der Waals surface area contributed by atoms with Crippen LogP contribution in [-0.2, 0) is 19.6 Å². The lowest BCUT2D eigenvalue weighted by atomic mass is 9.94. The fourth-order valence-electron chi connectivity index (χ4n) is 4.61.